The van der Waals surface area contributed by atoms with Gasteiger partial charge in [-0.2, -0.15) is 0 Å². The molecule has 4 nitrogen and oxygen atoms in total. The number of morpholine rings is 1. The molecule has 0 radical (unpaired) electrons. The zero-order valence-corrected chi connectivity index (χ0v) is 11.3. The van der Waals surface area contributed by atoms with Crippen LogP contribution < -0.4 is 0 Å². The number of aromatic nitrogens is 1. The highest BCUT2D eigenvalue weighted by Gasteiger charge is 2.17. The standard InChI is InChI=1S/C12H20N2O2S/c1-9-12(17-10(2)13-9)11(15)3-4-14-5-7-16-8-6-14/h11,15H,3-8H2,1-2H3. The van der Waals surface area contributed by atoms with E-state index in [1.54, 1.807) is 11.3 Å². The fourth-order valence-electron chi connectivity index (χ4n) is 2.12. The molecule has 1 aromatic rings. The van der Waals surface area contributed by atoms with Gasteiger partial charge in [0, 0.05) is 19.6 Å². The Balaban J connectivity index is 1.84. The van der Waals surface area contributed by atoms with Gasteiger partial charge in [-0.25, -0.2) is 4.98 Å². The lowest BCUT2D eigenvalue weighted by Gasteiger charge is -2.27. The van der Waals surface area contributed by atoms with Gasteiger partial charge in [0.15, 0.2) is 0 Å². The first-order valence-electron chi connectivity index (χ1n) is 6.09. The monoisotopic (exact) mass is 256 g/mol. The second-order valence-corrected chi connectivity index (χ2v) is 5.68. The predicted octanol–water partition coefficient (Wildman–Crippen LogP) is 1.52. The first-order chi connectivity index (χ1) is 8.16. The number of aryl methyl sites for hydroxylation is 2. The van der Waals surface area contributed by atoms with Gasteiger partial charge in [-0.05, 0) is 20.3 Å². The zero-order valence-electron chi connectivity index (χ0n) is 10.5. The van der Waals surface area contributed by atoms with Crippen LogP contribution in [0.1, 0.15) is 28.1 Å². The van der Waals surface area contributed by atoms with Crippen LogP contribution in [0.5, 0.6) is 0 Å². The molecule has 17 heavy (non-hydrogen) atoms. The molecule has 96 valence electrons. The molecule has 0 amide bonds. The molecule has 1 aliphatic rings. The fourth-order valence-corrected chi connectivity index (χ4v) is 3.07. The van der Waals surface area contributed by atoms with E-state index < -0.39 is 0 Å². The molecule has 1 unspecified atom stereocenters. The van der Waals surface area contributed by atoms with Gasteiger partial charge in [0.2, 0.25) is 0 Å². The van der Waals surface area contributed by atoms with Crippen molar-refractivity contribution in [1.29, 1.82) is 0 Å². The molecule has 1 N–H and O–H groups in total. The van der Waals surface area contributed by atoms with Crippen LogP contribution in [0.25, 0.3) is 0 Å². The Morgan fingerprint density at radius 1 is 1.41 bits per heavy atom. The molecular formula is C12H20N2O2S. The summed E-state index contributed by atoms with van der Waals surface area (Å²) >= 11 is 1.60. The molecule has 1 fully saturated rings. The SMILES string of the molecule is Cc1nc(C)c(C(O)CCN2CCOCC2)s1. The lowest BCUT2D eigenvalue weighted by atomic mass is 10.2. The minimum absolute atomic E-state index is 0.371. The molecule has 0 saturated carbocycles. The van der Waals surface area contributed by atoms with Crippen molar-refractivity contribution in [2.45, 2.75) is 26.4 Å². The molecule has 0 aromatic carbocycles. The first-order valence-corrected chi connectivity index (χ1v) is 6.90. The summed E-state index contributed by atoms with van der Waals surface area (Å²) in [6.07, 6.45) is 0.409. The largest absolute Gasteiger partial charge is 0.387 e. The van der Waals surface area contributed by atoms with Gasteiger partial charge in [-0.3, -0.25) is 4.90 Å². The predicted molar refractivity (Wildman–Crippen MR) is 68.4 cm³/mol. The number of aliphatic hydroxyl groups excluding tert-OH is 1. The van der Waals surface area contributed by atoms with Crippen molar-refractivity contribution in [2.75, 3.05) is 32.8 Å². The Morgan fingerprint density at radius 2 is 2.12 bits per heavy atom. The number of rotatable bonds is 4. The maximum atomic E-state index is 10.2. The van der Waals surface area contributed by atoms with Gasteiger partial charge in [0.1, 0.15) is 0 Å². The second kappa shape index (κ2) is 5.91. The van der Waals surface area contributed by atoms with E-state index in [-0.39, 0.29) is 6.10 Å². The maximum absolute atomic E-state index is 10.2. The van der Waals surface area contributed by atoms with Crippen molar-refractivity contribution in [2.24, 2.45) is 0 Å². The Kier molecular flexibility index (Phi) is 4.50. The van der Waals surface area contributed by atoms with E-state index in [2.05, 4.69) is 9.88 Å². The zero-order chi connectivity index (χ0) is 12.3. The van der Waals surface area contributed by atoms with Crippen molar-refractivity contribution in [3.63, 3.8) is 0 Å². The van der Waals surface area contributed by atoms with Crippen molar-refractivity contribution < 1.29 is 9.84 Å². The number of ether oxygens (including phenoxy) is 1. The summed E-state index contributed by atoms with van der Waals surface area (Å²) in [7, 11) is 0. The van der Waals surface area contributed by atoms with Gasteiger partial charge >= 0.3 is 0 Å². The summed E-state index contributed by atoms with van der Waals surface area (Å²) in [5, 5.41) is 11.2. The minimum atomic E-state index is -0.371. The van der Waals surface area contributed by atoms with E-state index in [0.717, 1.165) is 54.8 Å². The summed E-state index contributed by atoms with van der Waals surface area (Å²) in [6.45, 7) is 8.47. The van der Waals surface area contributed by atoms with Crippen LogP contribution in [0.3, 0.4) is 0 Å². The summed E-state index contributed by atoms with van der Waals surface area (Å²) in [6, 6.07) is 0. The molecule has 1 saturated heterocycles. The van der Waals surface area contributed by atoms with Crippen LogP contribution in [0.15, 0.2) is 0 Å². The van der Waals surface area contributed by atoms with Crippen LogP contribution in [0, 0.1) is 13.8 Å². The molecule has 5 heteroatoms. The van der Waals surface area contributed by atoms with Crippen molar-refractivity contribution >= 4 is 11.3 Å². The third-order valence-corrected chi connectivity index (χ3v) is 4.24. The fraction of sp³-hybridized carbons (Fsp3) is 0.750. The van der Waals surface area contributed by atoms with Gasteiger partial charge < -0.3 is 9.84 Å². The van der Waals surface area contributed by atoms with Gasteiger partial charge in [0.25, 0.3) is 0 Å². The molecule has 1 aliphatic heterocycles. The number of aliphatic hydroxyl groups is 1. The third kappa shape index (κ3) is 3.48. The van der Waals surface area contributed by atoms with E-state index >= 15 is 0 Å². The highest BCUT2D eigenvalue weighted by atomic mass is 32.1. The van der Waals surface area contributed by atoms with E-state index in [9.17, 15) is 5.11 Å². The summed E-state index contributed by atoms with van der Waals surface area (Å²) < 4.78 is 5.30. The van der Waals surface area contributed by atoms with E-state index in [0.29, 0.717) is 0 Å². The number of hydrogen-bond donors (Lipinski definition) is 1. The van der Waals surface area contributed by atoms with Crippen molar-refractivity contribution in [3.8, 4) is 0 Å². The Labute approximate surface area is 106 Å². The highest BCUT2D eigenvalue weighted by molar-refractivity contribution is 7.11. The molecule has 1 atom stereocenters. The van der Waals surface area contributed by atoms with Crippen LogP contribution in [-0.2, 0) is 4.74 Å². The lowest BCUT2D eigenvalue weighted by molar-refractivity contribution is 0.0302. The topological polar surface area (TPSA) is 45.6 Å². The van der Waals surface area contributed by atoms with Crippen molar-refractivity contribution in [1.82, 2.24) is 9.88 Å². The minimum Gasteiger partial charge on any atom is -0.387 e. The Bertz CT molecular complexity index is 361. The average molecular weight is 256 g/mol. The first kappa shape index (κ1) is 13.0. The summed E-state index contributed by atoms with van der Waals surface area (Å²) in [4.78, 5) is 7.72. The van der Waals surface area contributed by atoms with Crippen LogP contribution >= 0.6 is 11.3 Å². The van der Waals surface area contributed by atoms with Crippen LogP contribution in [-0.4, -0.2) is 47.8 Å². The number of hydrogen-bond acceptors (Lipinski definition) is 5. The van der Waals surface area contributed by atoms with Gasteiger partial charge in [-0.15, -0.1) is 11.3 Å². The number of nitrogens with zero attached hydrogens (tertiary/aromatic N) is 2. The van der Waals surface area contributed by atoms with E-state index in [1.807, 2.05) is 13.8 Å². The highest BCUT2D eigenvalue weighted by Crippen LogP contribution is 2.27. The second-order valence-electron chi connectivity index (χ2n) is 4.44. The quantitative estimate of drug-likeness (QED) is 0.887. The Hall–Kier alpha value is -0.490. The van der Waals surface area contributed by atoms with E-state index in [4.69, 9.17) is 4.74 Å². The van der Waals surface area contributed by atoms with Gasteiger partial charge in [0.05, 0.1) is 34.9 Å². The maximum Gasteiger partial charge on any atom is 0.0913 e. The summed E-state index contributed by atoms with van der Waals surface area (Å²) in [5.74, 6) is 0. The molecule has 0 bridgehead atoms. The molecular weight excluding hydrogens is 236 g/mol. The molecule has 0 spiro atoms. The number of thiazole rings is 1. The smallest absolute Gasteiger partial charge is 0.0913 e. The van der Waals surface area contributed by atoms with Crippen LogP contribution in [0.4, 0.5) is 0 Å². The Morgan fingerprint density at radius 3 is 2.71 bits per heavy atom. The average Bonchev–Trinajstić information content (AvgIpc) is 2.67. The molecule has 2 heterocycles. The lowest BCUT2D eigenvalue weighted by Crippen LogP contribution is -2.37. The summed E-state index contributed by atoms with van der Waals surface area (Å²) in [5.41, 5.74) is 0.974. The van der Waals surface area contributed by atoms with E-state index in [1.165, 1.54) is 0 Å². The molecule has 1 aromatic heterocycles. The van der Waals surface area contributed by atoms with Gasteiger partial charge in [-0.1, -0.05) is 0 Å². The molecule has 0 aliphatic carbocycles. The van der Waals surface area contributed by atoms with Crippen molar-refractivity contribution in [3.05, 3.63) is 15.6 Å². The van der Waals surface area contributed by atoms with Crippen LogP contribution in [0.2, 0.25) is 0 Å². The molecule has 2 rings (SSSR count). The third-order valence-electron chi connectivity index (χ3n) is 3.06. The normalized spacial score (nSPS) is 19.5.